The van der Waals surface area contributed by atoms with Gasteiger partial charge in [0.05, 0.1) is 26.4 Å². The van der Waals surface area contributed by atoms with Gasteiger partial charge in [0, 0.05) is 6.92 Å². The largest absolute Gasteiger partial charge is 0.454 e. The van der Waals surface area contributed by atoms with Crippen LogP contribution in [-0.4, -0.2) is 37.2 Å². The van der Waals surface area contributed by atoms with Gasteiger partial charge in [-0.3, -0.25) is 4.79 Å². The summed E-state index contributed by atoms with van der Waals surface area (Å²) in [6.07, 6.45) is -2.48. The molecule has 6 heteroatoms. The Balaban J connectivity index is 1.45. The van der Waals surface area contributed by atoms with Gasteiger partial charge in [-0.15, -0.1) is 0 Å². The summed E-state index contributed by atoms with van der Waals surface area (Å²) in [4.78, 5) is 11.9. The van der Waals surface area contributed by atoms with Crippen LogP contribution in [0.1, 0.15) is 23.6 Å². The van der Waals surface area contributed by atoms with Gasteiger partial charge in [0.15, 0.2) is 12.4 Å². The Morgan fingerprint density at radius 2 is 1.21 bits per heavy atom. The molecule has 1 aliphatic rings. The Bertz CT molecular complexity index is 995. The van der Waals surface area contributed by atoms with Gasteiger partial charge in [-0.2, -0.15) is 0 Å². The second-order valence-corrected chi connectivity index (χ2v) is 8.18. The van der Waals surface area contributed by atoms with Crippen LogP contribution in [0.15, 0.2) is 91.0 Å². The van der Waals surface area contributed by atoms with Crippen molar-refractivity contribution in [3.05, 3.63) is 108 Å². The van der Waals surface area contributed by atoms with Crippen LogP contribution in [0.25, 0.3) is 0 Å². The van der Waals surface area contributed by atoms with E-state index in [0.717, 1.165) is 16.7 Å². The molecule has 6 nitrogen and oxygen atoms in total. The van der Waals surface area contributed by atoms with Crippen LogP contribution in [0.4, 0.5) is 0 Å². The topological polar surface area (TPSA) is 63.2 Å². The number of ether oxygens (including phenoxy) is 5. The zero-order valence-electron chi connectivity index (χ0n) is 19.2. The van der Waals surface area contributed by atoms with Crippen molar-refractivity contribution >= 4 is 5.97 Å². The summed E-state index contributed by atoms with van der Waals surface area (Å²) in [5, 5.41) is 0. The Kier molecular flexibility index (Phi) is 8.82. The molecular weight excluding hydrogens is 432 g/mol. The minimum absolute atomic E-state index is 0.275. The van der Waals surface area contributed by atoms with Gasteiger partial charge < -0.3 is 23.7 Å². The number of carbonyl (C=O) groups excluding carboxylic acids is 1. The first kappa shape index (κ1) is 24.1. The molecule has 1 aliphatic heterocycles. The van der Waals surface area contributed by atoms with E-state index in [0.29, 0.717) is 19.8 Å². The monoisotopic (exact) mass is 462 g/mol. The van der Waals surface area contributed by atoms with Gasteiger partial charge in [0.2, 0.25) is 0 Å². The van der Waals surface area contributed by atoms with Crippen LogP contribution < -0.4 is 0 Å². The van der Waals surface area contributed by atoms with Gasteiger partial charge in [-0.05, 0) is 16.7 Å². The molecule has 34 heavy (non-hydrogen) atoms. The van der Waals surface area contributed by atoms with Crippen molar-refractivity contribution in [3.63, 3.8) is 0 Å². The normalized spacial score (nSPS) is 21.9. The van der Waals surface area contributed by atoms with Crippen molar-refractivity contribution < 1.29 is 28.5 Å². The molecule has 0 spiro atoms. The highest BCUT2D eigenvalue weighted by Crippen LogP contribution is 2.30. The van der Waals surface area contributed by atoms with E-state index in [2.05, 4.69) is 0 Å². The van der Waals surface area contributed by atoms with Gasteiger partial charge in [-0.1, -0.05) is 91.0 Å². The molecule has 1 fully saturated rings. The summed E-state index contributed by atoms with van der Waals surface area (Å²) in [6.45, 7) is 2.78. The molecule has 3 aromatic rings. The molecule has 178 valence electrons. The van der Waals surface area contributed by atoms with E-state index in [1.807, 2.05) is 91.0 Å². The molecule has 0 bridgehead atoms. The maximum atomic E-state index is 11.9. The minimum atomic E-state index is -0.768. The molecule has 0 saturated carbocycles. The number of rotatable bonds is 11. The van der Waals surface area contributed by atoms with E-state index in [9.17, 15) is 4.79 Å². The zero-order chi connectivity index (χ0) is 23.6. The molecule has 0 N–H and O–H groups in total. The maximum absolute atomic E-state index is 11.9. The zero-order valence-corrected chi connectivity index (χ0v) is 19.2. The van der Waals surface area contributed by atoms with E-state index in [1.165, 1.54) is 6.92 Å². The molecule has 1 saturated heterocycles. The fourth-order valence-electron chi connectivity index (χ4n) is 3.86. The Labute approximate surface area is 200 Å². The molecule has 1 heterocycles. The summed E-state index contributed by atoms with van der Waals surface area (Å²) in [5.41, 5.74) is 3.08. The minimum Gasteiger partial charge on any atom is -0.454 e. The molecule has 4 atom stereocenters. The van der Waals surface area contributed by atoms with Gasteiger partial charge in [0.1, 0.15) is 12.2 Å². The molecule has 0 aromatic heterocycles. The maximum Gasteiger partial charge on any atom is 0.303 e. The third-order valence-electron chi connectivity index (χ3n) is 5.51. The van der Waals surface area contributed by atoms with Crippen LogP contribution >= 0.6 is 0 Å². The van der Waals surface area contributed by atoms with Crippen molar-refractivity contribution in [2.24, 2.45) is 0 Å². The summed E-state index contributed by atoms with van der Waals surface area (Å²) in [7, 11) is 0. The number of carbonyl (C=O) groups is 1. The Morgan fingerprint density at radius 3 is 1.74 bits per heavy atom. The Morgan fingerprint density at radius 1 is 0.706 bits per heavy atom. The number of esters is 1. The first-order valence-electron chi connectivity index (χ1n) is 11.4. The average Bonchev–Trinajstić information content (AvgIpc) is 3.18. The fraction of sp³-hybridized carbons (Fsp3) is 0.321. The lowest BCUT2D eigenvalue weighted by Crippen LogP contribution is -2.40. The second kappa shape index (κ2) is 12.4. The number of hydrogen-bond donors (Lipinski definition) is 0. The van der Waals surface area contributed by atoms with Gasteiger partial charge in [0.25, 0.3) is 0 Å². The third-order valence-corrected chi connectivity index (χ3v) is 5.51. The first-order chi connectivity index (χ1) is 16.7. The fourth-order valence-corrected chi connectivity index (χ4v) is 3.86. The van der Waals surface area contributed by atoms with E-state index < -0.39 is 30.6 Å². The lowest BCUT2D eigenvalue weighted by atomic mass is 10.1. The molecule has 0 aliphatic carbocycles. The van der Waals surface area contributed by atoms with Crippen molar-refractivity contribution in [2.45, 2.75) is 51.3 Å². The second-order valence-electron chi connectivity index (χ2n) is 8.18. The summed E-state index contributed by atoms with van der Waals surface area (Å²) >= 11 is 0. The lowest BCUT2D eigenvalue weighted by Gasteiger charge is -2.24. The quantitative estimate of drug-likeness (QED) is 0.386. The molecule has 0 unspecified atom stereocenters. The van der Waals surface area contributed by atoms with Crippen LogP contribution in [0.5, 0.6) is 0 Å². The third kappa shape index (κ3) is 6.98. The van der Waals surface area contributed by atoms with Crippen LogP contribution in [0, 0.1) is 0 Å². The van der Waals surface area contributed by atoms with Crippen LogP contribution in [0.3, 0.4) is 0 Å². The Hall–Kier alpha value is -3.03. The smallest absolute Gasteiger partial charge is 0.303 e. The summed E-state index contributed by atoms with van der Waals surface area (Å²) in [6, 6.07) is 29.6. The van der Waals surface area contributed by atoms with Crippen molar-refractivity contribution in [1.82, 2.24) is 0 Å². The highest BCUT2D eigenvalue weighted by molar-refractivity contribution is 5.66. The molecule has 0 radical (unpaired) electrons. The highest BCUT2D eigenvalue weighted by Gasteiger charge is 2.48. The molecule has 0 amide bonds. The summed E-state index contributed by atoms with van der Waals surface area (Å²) < 4.78 is 30.1. The summed E-state index contributed by atoms with van der Waals surface area (Å²) in [5.74, 6) is -0.416. The molecular formula is C28H30O6. The lowest BCUT2D eigenvalue weighted by molar-refractivity contribution is -0.193. The first-order valence-corrected chi connectivity index (χ1v) is 11.4. The van der Waals surface area contributed by atoms with E-state index >= 15 is 0 Å². The van der Waals surface area contributed by atoms with Crippen molar-refractivity contribution in [2.75, 3.05) is 6.61 Å². The number of benzene rings is 3. The molecule has 4 rings (SSSR count). The highest BCUT2D eigenvalue weighted by atomic mass is 16.7. The van der Waals surface area contributed by atoms with Crippen LogP contribution in [0.2, 0.25) is 0 Å². The average molecular weight is 463 g/mol. The molecule has 3 aromatic carbocycles. The van der Waals surface area contributed by atoms with Gasteiger partial charge >= 0.3 is 5.97 Å². The van der Waals surface area contributed by atoms with E-state index in [-0.39, 0.29) is 6.61 Å². The van der Waals surface area contributed by atoms with Crippen molar-refractivity contribution in [3.8, 4) is 0 Å². The SMILES string of the molecule is CC(=O)O[C@H]1[C@@H](OCc2ccccc2)O[C@H](COCc2ccccc2)[C@@H]1OCc1ccccc1. The standard InChI is InChI=1S/C28H30O6/c1-21(29)33-27-26(31-18-23-13-7-3-8-14-23)25(20-30-17-22-11-5-2-6-12-22)34-28(27)32-19-24-15-9-4-10-16-24/h2-16,25-28H,17-20H2,1H3/t25-,26+,27-,28+/m1/s1. The predicted molar refractivity (Wildman–Crippen MR) is 127 cm³/mol. The number of hydrogen-bond acceptors (Lipinski definition) is 6. The van der Waals surface area contributed by atoms with E-state index in [1.54, 1.807) is 0 Å². The van der Waals surface area contributed by atoms with Crippen molar-refractivity contribution in [1.29, 1.82) is 0 Å². The van der Waals surface area contributed by atoms with Gasteiger partial charge in [-0.25, -0.2) is 0 Å². The van der Waals surface area contributed by atoms with E-state index in [4.69, 9.17) is 23.7 Å². The predicted octanol–water partition coefficient (Wildman–Crippen LogP) is 4.66. The van der Waals surface area contributed by atoms with Crippen LogP contribution in [-0.2, 0) is 48.3 Å².